The standard InChI is InChI=1S/C17H20I2O2/c1-8(2)11-6-5-9(3)7-12(11)13-16(20)14(18)10(4)15(19)17(13)21/h7,11-12,20-21H,1,5-6H2,2-4H3/t11-,12?/m0/s1. The molecule has 0 fully saturated rings. The summed E-state index contributed by atoms with van der Waals surface area (Å²) in [6, 6.07) is 0. The van der Waals surface area contributed by atoms with Crippen molar-refractivity contribution in [2.45, 2.75) is 39.5 Å². The zero-order chi connectivity index (χ0) is 15.9. The minimum absolute atomic E-state index is 0.00104. The van der Waals surface area contributed by atoms with Crippen LogP contribution in [0.1, 0.15) is 43.7 Å². The third kappa shape index (κ3) is 3.11. The van der Waals surface area contributed by atoms with E-state index in [9.17, 15) is 10.2 Å². The van der Waals surface area contributed by atoms with Gasteiger partial charge in [0.15, 0.2) is 0 Å². The van der Waals surface area contributed by atoms with E-state index in [2.05, 4.69) is 64.8 Å². The minimum atomic E-state index is -0.00104. The summed E-state index contributed by atoms with van der Waals surface area (Å²) < 4.78 is 1.64. The second-order valence-corrected chi connectivity index (χ2v) is 8.05. The molecule has 4 heteroatoms. The third-order valence-corrected chi connectivity index (χ3v) is 6.94. The van der Waals surface area contributed by atoms with E-state index in [1.807, 2.05) is 13.8 Å². The van der Waals surface area contributed by atoms with E-state index in [0.29, 0.717) is 5.56 Å². The molecule has 1 aromatic rings. The van der Waals surface area contributed by atoms with Gasteiger partial charge in [0.2, 0.25) is 0 Å². The zero-order valence-electron chi connectivity index (χ0n) is 12.5. The van der Waals surface area contributed by atoms with Crippen molar-refractivity contribution < 1.29 is 10.2 Å². The van der Waals surface area contributed by atoms with E-state index >= 15 is 0 Å². The van der Waals surface area contributed by atoms with Gasteiger partial charge in [0.05, 0.1) is 7.14 Å². The molecule has 0 saturated carbocycles. The molecule has 0 spiro atoms. The molecule has 1 aliphatic rings. The van der Waals surface area contributed by atoms with Gasteiger partial charge in [0.1, 0.15) is 11.5 Å². The van der Waals surface area contributed by atoms with Crippen molar-refractivity contribution in [2.75, 3.05) is 0 Å². The van der Waals surface area contributed by atoms with Crippen molar-refractivity contribution >= 4 is 45.2 Å². The van der Waals surface area contributed by atoms with E-state index in [0.717, 1.165) is 31.1 Å². The molecule has 2 N–H and O–H groups in total. The van der Waals surface area contributed by atoms with Crippen LogP contribution in [0.25, 0.3) is 0 Å². The number of hydrogen-bond donors (Lipinski definition) is 2. The normalized spacial score (nSPS) is 22.0. The Bertz CT molecular complexity index is 603. The fraction of sp³-hybridized carbons (Fsp3) is 0.412. The van der Waals surface area contributed by atoms with Gasteiger partial charge < -0.3 is 10.2 Å². The summed E-state index contributed by atoms with van der Waals surface area (Å²) in [5.41, 5.74) is 4.00. The smallest absolute Gasteiger partial charge is 0.136 e. The zero-order valence-corrected chi connectivity index (χ0v) is 16.8. The summed E-state index contributed by atoms with van der Waals surface area (Å²) in [5, 5.41) is 21.2. The molecule has 0 amide bonds. The SMILES string of the molecule is C=C(C)[C@@H]1CCC(C)=CC1c1c(O)c(I)c(C)c(I)c1O. The summed E-state index contributed by atoms with van der Waals surface area (Å²) in [5.74, 6) is 0.695. The molecule has 21 heavy (non-hydrogen) atoms. The summed E-state index contributed by atoms with van der Waals surface area (Å²) in [4.78, 5) is 0. The molecule has 0 heterocycles. The van der Waals surface area contributed by atoms with E-state index in [-0.39, 0.29) is 23.3 Å². The van der Waals surface area contributed by atoms with Crippen LogP contribution in [0.4, 0.5) is 0 Å². The highest BCUT2D eigenvalue weighted by molar-refractivity contribution is 14.1. The Labute approximate surface area is 153 Å². The molecule has 0 saturated heterocycles. The second-order valence-electron chi connectivity index (χ2n) is 5.89. The first kappa shape index (κ1) is 17.1. The van der Waals surface area contributed by atoms with Crippen molar-refractivity contribution in [2.24, 2.45) is 5.92 Å². The highest BCUT2D eigenvalue weighted by Crippen LogP contribution is 2.49. The van der Waals surface area contributed by atoms with Crippen LogP contribution in [0.2, 0.25) is 0 Å². The number of halogens is 2. The molecule has 1 aliphatic carbocycles. The Hall–Kier alpha value is -0.240. The lowest BCUT2D eigenvalue weighted by atomic mass is 9.74. The van der Waals surface area contributed by atoms with Gasteiger partial charge in [-0.1, -0.05) is 23.8 Å². The van der Waals surface area contributed by atoms with Gasteiger partial charge >= 0.3 is 0 Å². The van der Waals surface area contributed by atoms with Crippen LogP contribution in [-0.4, -0.2) is 10.2 Å². The molecule has 1 unspecified atom stereocenters. The van der Waals surface area contributed by atoms with Gasteiger partial charge in [-0.25, -0.2) is 0 Å². The monoisotopic (exact) mass is 510 g/mol. The van der Waals surface area contributed by atoms with E-state index < -0.39 is 0 Å². The van der Waals surface area contributed by atoms with Gasteiger partial charge in [-0.2, -0.15) is 0 Å². The maximum atomic E-state index is 10.6. The number of hydrogen-bond acceptors (Lipinski definition) is 2. The highest BCUT2D eigenvalue weighted by Gasteiger charge is 2.32. The van der Waals surface area contributed by atoms with Crippen LogP contribution in [0.3, 0.4) is 0 Å². The molecule has 1 aromatic carbocycles. The first-order valence-corrected chi connectivity index (χ1v) is 9.13. The number of rotatable bonds is 2. The van der Waals surface area contributed by atoms with Crippen LogP contribution in [0.15, 0.2) is 23.8 Å². The Balaban J connectivity index is 2.69. The number of aromatic hydroxyl groups is 2. The van der Waals surface area contributed by atoms with Gasteiger partial charge in [0.25, 0.3) is 0 Å². The molecular weight excluding hydrogens is 490 g/mol. The fourth-order valence-corrected chi connectivity index (χ4v) is 4.66. The van der Waals surface area contributed by atoms with Crippen molar-refractivity contribution in [1.82, 2.24) is 0 Å². The van der Waals surface area contributed by atoms with Crippen LogP contribution in [-0.2, 0) is 0 Å². The molecule has 0 aromatic heterocycles. The lowest BCUT2D eigenvalue weighted by Crippen LogP contribution is -2.18. The fourth-order valence-electron chi connectivity index (χ4n) is 3.02. The van der Waals surface area contributed by atoms with Crippen molar-refractivity contribution in [3.05, 3.63) is 42.1 Å². The Morgan fingerprint density at radius 2 is 1.71 bits per heavy atom. The predicted molar refractivity (Wildman–Crippen MR) is 104 cm³/mol. The van der Waals surface area contributed by atoms with Crippen LogP contribution < -0.4 is 0 Å². The minimum Gasteiger partial charge on any atom is -0.506 e. The van der Waals surface area contributed by atoms with E-state index in [1.165, 1.54) is 5.57 Å². The Morgan fingerprint density at radius 1 is 1.19 bits per heavy atom. The first-order valence-electron chi connectivity index (χ1n) is 6.97. The number of phenolic OH excluding ortho intramolecular Hbond substituents is 2. The average Bonchev–Trinajstić information content (AvgIpc) is 2.43. The largest absolute Gasteiger partial charge is 0.506 e. The van der Waals surface area contributed by atoms with Gasteiger partial charge in [-0.15, -0.1) is 0 Å². The molecule has 0 bridgehead atoms. The molecule has 2 nitrogen and oxygen atoms in total. The highest BCUT2D eigenvalue weighted by atomic mass is 127. The lowest BCUT2D eigenvalue weighted by Gasteiger charge is -2.32. The van der Waals surface area contributed by atoms with E-state index in [4.69, 9.17) is 0 Å². The topological polar surface area (TPSA) is 40.5 Å². The maximum Gasteiger partial charge on any atom is 0.136 e. The summed E-state index contributed by atoms with van der Waals surface area (Å²) in [6.45, 7) is 10.2. The number of benzene rings is 1. The molecule has 114 valence electrons. The van der Waals surface area contributed by atoms with E-state index in [1.54, 1.807) is 0 Å². The molecule has 2 atom stereocenters. The second kappa shape index (κ2) is 6.48. The molecule has 0 aliphatic heterocycles. The number of allylic oxidation sites excluding steroid dienone is 3. The average molecular weight is 510 g/mol. The predicted octanol–water partition coefficient (Wildman–Crippen LogP) is 5.63. The van der Waals surface area contributed by atoms with Gasteiger partial charge in [0, 0.05) is 11.5 Å². The van der Waals surface area contributed by atoms with Crippen molar-refractivity contribution in [3.8, 4) is 11.5 Å². The van der Waals surface area contributed by atoms with Gasteiger partial charge in [-0.3, -0.25) is 0 Å². The third-order valence-electron chi connectivity index (χ3n) is 4.30. The van der Waals surface area contributed by atoms with Gasteiger partial charge in [-0.05, 0) is 90.3 Å². The quantitative estimate of drug-likeness (QED) is 0.400. The number of phenols is 2. The molecule has 0 radical (unpaired) electrons. The molecular formula is C17H20I2O2. The van der Waals surface area contributed by atoms with Crippen molar-refractivity contribution in [3.63, 3.8) is 0 Å². The maximum absolute atomic E-state index is 10.6. The van der Waals surface area contributed by atoms with Crippen molar-refractivity contribution in [1.29, 1.82) is 0 Å². The Morgan fingerprint density at radius 3 is 2.19 bits per heavy atom. The summed E-state index contributed by atoms with van der Waals surface area (Å²) >= 11 is 4.31. The summed E-state index contributed by atoms with van der Waals surface area (Å²) in [6.07, 6.45) is 4.25. The summed E-state index contributed by atoms with van der Waals surface area (Å²) in [7, 11) is 0. The molecule has 2 rings (SSSR count). The van der Waals surface area contributed by atoms with Crippen LogP contribution in [0, 0.1) is 20.0 Å². The lowest BCUT2D eigenvalue weighted by molar-refractivity contribution is 0.402. The first-order chi connectivity index (χ1) is 9.75. The Kier molecular flexibility index (Phi) is 5.28. The van der Waals surface area contributed by atoms with Crippen LogP contribution in [0.5, 0.6) is 11.5 Å². The van der Waals surface area contributed by atoms with Crippen LogP contribution >= 0.6 is 45.2 Å².